The molecule has 0 aliphatic carbocycles. The SMILES string of the molecule is CSC1(C#N)CCN(Cc2ccc3ccccc3n2)CC1. The van der Waals surface area contributed by atoms with E-state index in [0.717, 1.165) is 43.7 Å². The molecule has 1 aromatic heterocycles. The van der Waals surface area contributed by atoms with Crippen LogP contribution in [0.15, 0.2) is 36.4 Å². The minimum absolute atomic E-state index is 0.173. The molecule has 0 atom stereocenters. The number of rotatable bonds is 3. The maximum Gasteiger partial charge on any atom is 0.104 e. The Labute approximate surface area is 130 Å². The number of nitriles is 1. The summed E-state index contributed by atoms with van der Waals surface area (Å²) in [6.45, 7) is 2.83. The molecule has 4 heteroatoms. The van der Waals surface area contributed by atoms with Gasteiger partial charge in [0, 0.05) is 25.0 Å². The van der Waals surface area contributed by atoms with E-state index >= 15 is 0 Å². The molecule has 0 radical (unpaired) electrons. The zero-order valence-corrected chi connectivity index (χ0v) is 13.1. The number of likely N-dealkylation sites (tertiary alicyclic amines) is 1. The number of para-hydroxylation sites is 1. The van der Waals surface area contributed by atoms with E-state index in [-0.39, 0.29) is 4.75 Å². The van der Waals surface area contributed by atoms with E-state index < -0.39 is 0 Å². The molecule has 21 heavy (non-hydrogen) atoms. The number of piperidine rings is 1. The molecule has 1 aliphatic heterocycles. The number of hydrogen-bond acceptors (Lipinski definition) is 4. The van der Waals surface area contributed by atoms with E-state index in [2.05, 4.69) is 35.2 Å². The van der Waals surface area contributed by atoms with Gasteiger partial charge in [0.2, 0.25) is 0 Å². The van der Waals surface area contributed by atoms with Crippen LogP contribution in [0.2, 0.25) is 0 Å². The van der Waals surface area contributed by atoms with Crippen LogP contribution in [0, 0.1) is 11.3 Å². The number of nitrogens with zero attached hydrogens (tertiary/aromatic N) is 3. The van der Waals surface area contributed by atoms with Gasteiger partial charge in [0.25, 0.3) is 0 Å². The molecule has 0 saturated carbocycles. The third kappa shape index (κ3) is 3.04. The second-order valence-electron chi connectivity index (χ2n) is 5.58. The van der Waals surface area contributed by atoms with Gasteiger partial charge in [0.15, 0.2) is 0 Å². The first kappa shape index (κ1) is 14.4. The number of aromatic nitrogens is 1. The Morgan fingerprint density at radius 1 is 1.24 bits per heavy atom. The van der Waals surface area contributed by atoms with Gasteiger partial charge >= 0.3 is 0 Å². The predicted molar refractivity (Wildman–Crippen MR) is 88.1 cm³/mol. The summed E-state index contributed by atoms with van der Waals surface area (Å²) >= 11 is 1.70. The van der Waals surface area contributed by atoms with Crippen LogP contribution in [0.3, 0.4) is 0 Å². The Hall–Kier alpha value is -1.57. The Bertz CT molecular complexity index is 669. The molecule has 2 aromatic rings. The Morgan fingerprint density at radius 3 is 2.71 bits per heavy atom. The summed E-state index contributed by atoms with van der Waals surface area (Å²) in [5.74, 6) is 0. The second kappa shape index (κ2) is 6.05. The Balaban J connectivity index is 1.68. The number of pyridine rings is 1. The normalized spacial score (nSPS) is 18.5. The third-order valence-corrected chi connectivity index (χ3v) is 5.58. The van der Waals surface area contributed by atoms with E-state index in [4.69, 9.17) is 4.98 Å². The van der Waals surface area contributed by atoms with Crippen molar-refractivity contribution in [2.24, 2.45) is 0 Å². The van der Waals surface area contributed by atoms with Crippen LogP contribution >= 0.6 is 11.8 Å². The summed E-state index contributed by atoms with van der Waals surface area (Å²) in [4.78, 5) is 7.14. The van der Waals surface area contributed by atoms with Crippen molar-refractivity contribution in [3.63, 3.8) is 0 Å². The number of hydrogen-bond donors (Lipinski definition) is 0. The molecule has 108 valence electrons. The standard InChI is InChI=1S/C17H19N3S/c1-21-17(13-18)8-10-20(11-9-17)12-15-7-6-14-4-2-3-5-16(14)19-15/h2-7H,8-12H2,1H3. The van der Waals surface area contributed by atoms with Crippen molar-refractivity contribution in [2.45, 2.75) is 24.1 Å². The topological polar surface area (TPSA) is 39.9 Å². The lowest BCUT2D eigenvalue weighted by atomic mass is 9.97. The van der Waals surface area contributed by atoms with E-state index in [1.54, 1.807) is 11.8 Å². The molecule has 1 fully saturated rings. The maximum absolute atomic E-state index is 9.33. The van der Waals surface area contributed by atoms with Gasteiger partial charge in [-0.3, -0.25) is 9.88 Å². The summed E-state index contributed by atoms with van der Waals surface area (Å²) in [6.07, 6.45) is 3.93. The number of benzene rings is 1. The van der Waals surface area contributed by atoms with E-state index in [1.807, 2.05) is 18.4 Å². The van der Waals surface area contributed by atoms with Crippen LogP contribution < -0.4 is 0 Å². The average Bonchev–Trinajstić information content (AvgIpc) is 2.56. The summed E-state index contributed by atoms with van der Waals surface area (Å²) in [5, 5.41) is 10.5. The predicted octanol–water partition coefficient (Wildman–Crippen LogP) is 3.46. The van der Waals surface area contributed by atoms with Gasteiger partial charge in [-0.2, -0.15) is 5.26 Å². The highest BCUT2D eigenvalue weighted by Crippen LogP contribution is 2.34. The third-order valence-electron chi connectivity index (χ3n) is 4.30. The molecule has 3 rings (SSSR count). The fourth-order valence-electron chi connectivity index (χ4n) is 2.86. The highest BCUT2D eigenvalue weighted by Gasteiger charge is 2.33. The van der Waals surface area contributed by atoms with Gasteiger partial charge in [-0.15, -0.1) is 11.8 Å². The molecule has 0 unspecified atom stereocenters. The minimum atomic E-state index is -0.173. The molecule has 2 heterocycles. The lowest BCUT2D eigenvalue weighted by Gasteiger charge is -2.35. The lowest BCUT2D eigenvalue weighted by molar-refractivity contribution is 0.207. The van der Waals surface area contributed by atoms with Crippen molar-refractivity contribution in [3.8, 4) is 6.07 Å². The van der Waals surface area contributed by atoms with Crippen molar-refractivity contribution in [1.29, 1.82) is 5.26 Å². The van der Waals surface area contributed by atoms with Crippen molar-refractivity contribution < 1.29 is 0 Å². The average molecular weight is 297 g/mol. The van der Waals surface area contributed by atoms with Crippen molar-refractivity contribution >= 4 is 22.7 Å². The first-order valence-corrected chi connectivity index (χ1v) is 8.51. The molecule has 0 bridgehead atoms. The summed E-state index contributed by atoms with van der Waals surface area (Å²) < 4.78 is -0.173. The first-order chi connectivity index (χ1) is 10.2. The zero-order valence-electron chi connectivity index (χ0n) is 12.2. The summed E-state index contributed by atoms with van der Waals surface area (Å²) in [6, 6.07) is 15.0. The van der Waals surface area contributed by atoms with Crippen LogP contribution in [-0.2, 0) is 6.54 Å². The second-order valence-corrected chi connectivity index (χ2v) is 6.77. The fraction of sp³-hybridized carbons (Fsp3) is 0.412. The van der Waals surface area contributed by atoms with Gasteiger partial charge in [-0.05, 0) is 31.2 Å². The lowest BCUT2D eigenvalue weighted by Crippen LogP contribution is -2.41. The van der Waals surface area contributed by atoms with Crippen LogP contribution in [0.4, 0.5) is 0 Å². The van der Waals surface area contributed by atoms with Gasteiger partial charge in [-0.1, -0.05) is 24.3 Å². The van der Waals surface area contributed by atoms with Crippen molar-refractivity contribution in [1.82, 2.24) is 9.88 Å². The number of thioether (sulfide) groups is 1. The van der Waals surface area contributed by atoms with Crippen LogP contribution in [0.1, 0.15) is 18.5 Å². The van der Waals surface area contributed by atoms with Crippen LogP contribution in [0.5, 0.6) is 0 Å². The largest absolute Gasteiger partial charge is 0.297 e. The van der Waals surface area contributed by atoms with Crippen molar-refractivity contribution in [2.75, 3.05) is 19.3 Å². The highest BCUT2D eigenvalue weighted by atomic mass is 32.2. The molecule has 0 spiro atoms. The highest BCUT2D eigenvalue weighted by molar-refractivity contribution is 8.00. The molecule has 1 aromatic carbocycles. The van der Waals surface area contributed by atoms with Gasteiger partial charge < -0.3 is 0 Å². The monoisotopic (exact) mass is 297 g/mol. The fourth-order valence-corrected chi connectivity index (χ4v) is 3.54. The molecule has 3 nitrogen and oxygen atoms in total. The maximum atomic E-state index is 9.33. The van der Waals surface area contributed by atoms with Crippen LogP contribution in [-0.4, -0.2) is 34.0 Å². The summed E-state index contributed by atoms with van der Waals surface area (Å²) in [5.41, 5.74) is 2.17. The van der Waals surface area contributed by atoms with E-state index in [0.29, 0.717) is 0 Å². The number of fused-ring (bicyclic) bond motifs is 1. The smallest absolute Gasteiger partial charge is 0.104 e. The Morgan fingerprint density at radius 2 is 2.00 bits per heavy atom. The molecule has 0 amide bonds. The molecular weight excluding hydrogens is 278 g/mol. The summed E-state index contributed by atoms with van der Waals surface area (Å²) in [7, 11) is 0. The van der Waals surface area contributed by atoms with Crippen molar-refractivity contribution in [3.05, 3.63) is 42.1 Å². The zero-order chi connectivity index (χ0) is 14.7. The first-order valence-electron chi connectivity index (χ1n) is 7.28. The quantitative estimate of drug-likeness (QED) is 0.870. The van der Waals surface area contributed by atoms with E-state index in [1.165, 1.54) is 5.39 Å². The molecule has 1 saturated heterocycles. The van der Waals surface area contributed by atoms with Gasteiger partial charge in [0.05, 0.1) is 17.3 Å². The van der Waals surface area contributed by atoms with Crippen LogP contribution in [0.25, 0.3) is 10.9 Å². The van der Waals surface area contributed by atoms with Gasteiger partial charge in [-0.25, -0.2) is 0 Å². The minimum Gasteiger partial charge on any atom is -0.297 e. The molecule has 1 aliphatic rings. The Kier molecular flexibility index (Phi) is 4.14. The van der Waals surface area contributed by atoms with E-state index in [9.17, 15) is 5.26 Å². The molecular formula is C17H19N3S. The molecule has 0 N–H and O–H groups in total. The van der Waals surface area contributed by atoms with Gasteiger partial charge in [0.1, 0.15) is 4.75 Å².